The van der Waals surface area contributed by atoms with Gasteiger partial charge in [-0.05, 0) is 62.9 Å². The van der Waals surface area contributed by atoms with Gasteiger partial charge in [0.2, 0.25) is 5.91 Å². The summed E-state index contributed by atoms with van der Waals surface area (Å²) < 4.78 is 11.5. The van der Waals surface area contributed by atoms with Crippen molar-refractivity contribution >= 4 is 17.5 Å². The average Bonchev–Trinajstić information content (AvgIpc) is 2.62. The molecule has 2 rings (SSSR count). The molecule has 25 heavy (non-hydrogen) atoms. The number of rotatable bonds is 9. The van der Waals surface area contributed by atoms with Crippen LogP contribution in [0.25, 0.3) is 0 Å². The van der Waals surface area contributed by atoms with Gasteiger partial charge in [0.05, 0.1) is 12.7 Å². The first-order valence-electron chi connectivity index (χ1n) is 9.08. The molecule has 0 aliphatic carbocycles. The number of carbonyl (C=O) groups is 1. The lowest BCUT2D eigenvalue weighted by Crippen LogP contribution is -2.41. The maximum absolute atomic E-state index is 12.3. The standard InChI is InChI=1S/C19H29ClN2O3/c1-15-14-17(5-6-18(15)20)25-12-2-4-19(23)22-10-7-16(8-11-22)24-13-3-9-21/h5-6,14,16H,2-4,7-13,21H2,1H3. The Morgan fingerprint density at radius 3 is 2.72 bits per heavy atom. The number of nitrogens with two attached hydrogens (primary N) is 1. The van der Waals surface area contributed by atoms with Gasteiger partial charge in [-0.25, -0.2) is 0 Å². The number of hydrogen-bond donors (Lipinski definition) is 1. The van der Waals surface area contributed by atoms with E-state index in [2.05, 4.69) is 0 Å². The normalized spacial score (nSPS) is 15.4. The molecule has 1 aliphatic rings. The van der Waals surface area contributed by atoms with Crippen LogP contribution in [0.5, 0.6) is 5.75 Å². The number of halogens is 1. The van der Waals surface area contributed by atoms with Crippen molar-refractivity contribution in [2.75, 3.05) is 32.8 Å². The number of likely N-dealkylation sites (tertiary alicyclic amines) is 1. The summed E-state index contributed by atoms with van der Waals surface area (Å²) in [6, 6.07) is 5.60. The van der Waals surface area contributed by atoms with E-state index < -0.39 is 0 Å². The summed E-state index contributed by atoms with van der Waals surface area (Å²) in [5.41, 5.74) is 6.46. The van der Waals surface area contributed by atoms with Gasteiger partial charge in [0.25, 0.3) is 0 Å². The van der Waals surface area contributed by atoms with Crippen LogP contribution < -0.4 is 10.5 Å². The predicted molar refractivity (Wildman–Crippen MR) is 100 cm³/mol. The molecular formula is C19H29ClN2O3. The third-order valence-corrected chi connectivity index (χ3v) is 4.85. The van der Waals surface area contributed by atoms with Crippen molar-refractivity contribution in [3.63, 3.8) is 0 Å². The molecule has 1 aliphatic heterocycles. The highest BCUT2D eigenvalue weighted by atomic mass is 35.5. The Labute approximate surface area is 155 Å². The largest absolute Gasteiger partial charge is 0.494 e. The van der Waals surface area contributed by atoms with Crippen LogP contribution in [-0.2, 0) is 9.53 Å². The topological polar surface area (TPSA) is 64.8 Å². The van der Waals surface area contributed by atoms with E-state index in [1.807, 2.05) is 30.0 Å². The zero-order valence-electron chi connectivity index (χ0n) is 15.0. The summed E-state index contributed by atoms with van der Waals surface area (Å²) in [5, 5.41) is 0.734. The fraction of sp³-hybridized carbons (Fsp3) is 0.632. The van der Waals surface area contributed by atoms with Gasteiger partial charge in [0.15, 0.2) is 0 Å². The number of hydrogen-bond acceptors (Lipinski definition) is 4. The number of ether oxygens (including phenoxy) is 2. The molecular weight excluding hydrogens is 340 g/mol. The monoisotopic (exact) mass is 368 g/mol. The Morgan fingerprint density at radius 2 is 2.04 bits per heavy atom. The predicted octanol–water partition coefficient (Wildman–Crippen LogP) is 3.16. The Kier molecular flexibility index (Phi) is 8.52. The molecule has 1 aromatic rings. The summed E-state index contributed by atoms with van der Waals surface area (Å²) in [6.07, 6.45) is 4.23. The molecule has 0 spiro atoms. The molecule has 1 amide bonds. The average molecular weight is 369 g/mol. The van der Waals surface area contributed by atoms with Gasteiger partial charge >= 0.3 is 0 Å². The SMILES string of the molecule is Cc1cc(OCCCC(=O)N2CCC(OCCCN)CC2)ccc1Cl. The number of amides is 1. The lowest BCUT2D eigenvalue weighted by Gasteiger charge is -2.32. The first-order chi connectivity index (χ1) is 12.1. The van der Waals surface area contributed by atoms with Crippen LogP contribution in [0.4, 0.5) is 0 Å². The molecule has 1 aromatic carbocycles. The number of piperidine rings is 1. The highest BCUT2D eigenvalue weighted by molar-refractivity contribution is 6.31. The van der Waals surface area contributed by atoms with E-state index in [-0.39, 0.29) is 12.0 Å². The van der Waals surface area contributed by atoms with Crippen LogP contribution in [0, 0.1) is 6.92 Å². The minimum absolute atomic E-state index is 0.205. The van der Waals surface area contributed by atoms with Crippen LogP contribution >= 0.6 is 11.6 Å². The van der Waals surface area contributed by atoms with E-state index in [0.29, 0.717) is 26.0 Å². The lowest BCUT2D eigenvalue weighted by molar-refractivity contribution is -0.134. The minimum Gasteiger partial charge on any atom is -0.494 e. The molecule has 0 radical (unpaired) electrons. The first-order valence-corrected chi connectivity index (χ1v) is 9.46. The van der Waals surface area contributed by atoms with Crippen molar-refractivity contribution in [3.8, 4) is 5.75 Å². The third kappa shape index (κ3) is 6.84. The van der Waals surface area contributed by atoms with E-state index >= 15 is 0 Å². The lowest BCUT2D eigenvalue weighted by atomic mass is 10.1. The third-order valence-electron chi connectivity index (χ3n) is 4.43. The van der Waals surface area contributed by atoms with Gasteiger partial charge < -0.3 is 20.1 Å². The Morgan fingerprint density at radius 1 is 1.28 bits per heavy atom. The molecule has 140 valence electrons. The second-order valence-corrected chi connectivity index (χ2v) is 6.86. The molecule has 1 heterocycles. The van der Waals surface area contributed by atoms with Gasteiger partial charge in [-0.3, -0.25) is 4.79 Å². The number of nitrogens with zero attached hydrogens (tertiary/aromatic N) is 1. The van der Waals surface area contributed by atoms with Crippen molar-refractivity contribution in [1.29, 1.82) is 0 Å². The molecule has 0 bridgehead atoms. The van der Waals surface area contributed by atoms with Gasteiger partial charge in [-0.1, -0.05) is 11.6 Å². The van der Waals surface area contributed by atoms with Crippen molar-refractivity contribution < 1.29 is 14.3 Å². The fourth-order valence-corrected chi connectivity index (χ4v) is 3.00. The van der Waals surface area contributed by atoms with Crippen molar-refractivity contribution in [2.24, 2.45) is 5.73 Å². The maximum Gasteiger partial charge on any atom is 0.222 e. The van der Waals surface area contributed by atoms with E-state index in [1.165, 1.54) is 0 Å². The van der Waals surface area contributed by atoms with E-state index in [9.17, 15) is 4.79 Å². The van der Waals surface area contributed by atoms with Crippen molar-refractivity contribution in [1.82, 2.24) is 4.90 Å². The molecule has 0 atom stereocenters. The minimum atomic E-state index is 0.205. The summed E-state index contributed by atoms with van der Waals surface area (Å²) in [4.78, 5) is 14.2. The molecule has 0 saturated carbocycles. The van der Waals surface area contributed by atoms with E-state index in [4.69, 9.17) is 26.8 Å². The number of aryl methyl sites for hydroxylation is 1. The second-order valence-electron chi connectivity index (χ2n) is 6.46. The van der Waals surface area contributed by atoms with Crippen LogP contribution in [0.3, 0.4) is 0 Å². The van der Waals surface area contributed by atoms with Crippen LogP contribution in [0.15, 0.2) is 18.2 Å². The zero-order chi connectivity index (χ0) is 18.1. The Bertz CT molecular complexity index is 545. The summed E-state index contributed by atoms with van der Waals surface area (Å²) in [7, 11) is 0. The van der Waals surface area contributed by atoms with Gasteiger partial charge in [0, 0.05) is 31.1 Å². The quantitative estimate of drug-likeness (QED) is 0.680. The van der Waals surface area contributed by atoms with Gasteiger partial charge in [0.1, 0.15) is 5.75 Å². The fourth-order valence-electron chi connectivity index (χ4n) is 2.88. The molecule has 1 saturated heterocycles. The van der Waals surface area contributed by atoms with E-state index in [1.54, 1.807) is 0 Å². The molecule has 0 unspecified atom stereocenters. The molecule has 0 aromatic heterocycles. The highest BCUT2D eigenvalue weighted by Gasteiger charge is 2.22. The summed E-state index contributed by atoms with van der Waals surface area (Å²) in [5.74, 6) is 1.00. The van der Waals surface area contributed by atoms with Gasteiger partial charge in [-0.15, -0.1) is 0 Å². The van der Waals surface area contributed by atoms with Crippen LogP contribution in [-0.4, -0.2) is 49.8 Å². The Balaban J connectivity index is 1.60. The molecule has 5 nitrogen and oxygen atoms in total. The van der Waals surface area contributed by atoms with Gasteiger partial charge in [-0.2, -0.15) is 0 Å². The second kappa shape index (κ2) is 10.6. The zero-order valence-corrected chi connectivity index (χ0v) is 15.8. The first kappa shape index (κ1) is 20.0. The summed E-state index contributed by atoms with van der Waals surface area (Å²) >= 11 is 5.99. The number of benzene rings is 1. The number of carbonyl (C=O) groups excluding carboxylic acids is 1. The highest BCUT2D eigenvalue weighted by Crippen LogP contribution is 2.21. The molecule has 2 N–H and O–H groups in total. The molecule has 6 heteroatoms. The Hall–Kier alpha value is -1.30. The van der Waals surface area contributed by atoms with Crippen LogP contribution in [0.2, 0.25) is 5.02 Å². The molecule has 1 fully saturated rings. The smallest absolute Gasteiger partial charge is 0.222 e. The van der Waals surface area contributed by atoms with Crippen molar-refractivity contribution in [3.05, 3.63) is 28.8 Å². The van der Waals surface area contributed by atoms with Crippen molar-refractivity contribution in [2.45, 2.75) is 45.1 Å². The maximum atomic E-state index is 12.3. The van der Waals surface area contributed by atoms with Crippen LogP contribution in [0.1, 0.15) is 37.7 Å². The summed E-state index contributed by atoms with van der Waals surface area (Å²) in [6.45, 7) is 5.42. The van der Waals surface area contributed by atoms with E-state index in [0.717, 1.165) is 55.3 Å².